The zero-order valence-electron chi connectivity index (χ0n) is 17.1. The summed E-state index contributed by atoms with van der Waals surface area (Å²) in [7, 11) is 3.70. The molecule has 2 aromatic rings. The lowest BCUT2D eigenvalue weighted by molar-refractivity contribution is 0.119. The van der Waals surface area contributed by atoms with Crippen LogP contribution in [0.1, 0.15) is 43.1 Å². The van der Waals surface area contributed by atoms with Gasteiger partial charge >= 0.3 is 0 Å². The van der Waals surface area contributed by atoms with Crippen molar-refractivity contribution in [3.05, 3.63) is 40.0 Å². The van der Waals surface area contributed by atoms with Gasteiger partial charge in [0.05, 0.1) is 25.4 Å². The van der Waals surface area contributed by atoms with Gasteiger partial charge in [-0.3, -0.25) is 0 Å². The molecular formula is C19H30IN5O2S. The van der Waals surface area contributed by atoms with Gasteiger partial charge in [-0.25, -0.2) is 15.0 Å². The van der Waals surface area contributed by atoms with Gasteiger partial charge in [0, 0.05) is 37.8 Å². The predicted molar refractivity (Wildman–Crippen MR) is 125 cm³/mol. The third-order valence-electron chi connectivity index (χ3n) is 3.90. The van der Waals surface area contributed by atoms with Crippen molar-refractivity contribution in [2.45, 2.75) is 40.0 Å². The molecule has 0 aliphatic rings. The molecule has 0 aliphatic heterocycles. The minimum atomic E-state index is 0. The van der Waals surface area contributed by atoms with Crippen LogP contribution in [0, 0.1) is 0 Å². The molecule has 9 heteroatoms. The van der Waals surface area contributed by atoms with E-state index < -0.39 is 0 Å². The van der Waals surface area contributed by atoms with E-state index in [0.29, 0.717) is 25.6 Å². The van der Waals surface area contributed by atoms with E-state index in [2.05, 4.69) is 32.5 Å². The first kappa shape index (κ1) is 24.6. The second-order valence-corrected chi connectivity index (χ2v) is 6.87. The van der Waals surface area contributed by atoms with E-state index in [1.807, 2.05) is 33.0 Å². The first-order chi connectivity index (χ1) is 13.1. The molecule has 0 saturated carbocycles. The number of guanidine groups is 1. The quantitative estimate of drug-likeness (QED) is 0.308. The van der Waals surface area contributed by atoms with Crippen LogP contribution >= 0.6 is 35.3 Å². The van der Waals surface area contributed by atoms with Crippen LogP contribution in [0.2, 0.25) is 0 Å². The van der Waals surface area contributed by atoms with Gasteiger partial charge in [0.1, 0.15) is 11.1 Å². The van der Waals surface area contributed by atoms with Crippen LogP contribution in [-0.4, -0.2) is 48.1 Å². The number of methoxy groups -OCH3 is 1. The predicted octanol–water partition coefficient (Wildman–Crippen LogP) is 3.86. The van der Waals surface area contributed by atoms with E-state index in [1.54, 1.807) is 24.6 Å². The maximum atomic E-state index is 5.59. The Labute approximate surface area is 188 Å². The molecule has 2 heterocycles. The number of rotatable bonds is 9. The molecule has 28 heavy (non-hydrogen) atoms. The van der Waals surface area contributed by atoms with Gasteiger partial charge in [0.2, 0.25) is 5.88 Å². The number of pyridine rings is 1. The normalized spacial score (nSPS) is 12.2. The van der Waals surface area contributed by atoms with Crippen LogP contribution in [0.5, 0.6) is 5.88 Å². The molecule has 156 valence electrons. The van der Waals surface area contributed by atoms with Gasteiger partial charge in [-0.1, -0.05) is 6.07 Å². The lowest BCUT2D eigenvalue weighted by Gasteiger charge is -2.21. The highest BCUT2D eigenvalue weighted by Gasteiger charge is 2.13. The van der Waals surface area contributed by atoms with Gasteiger partial charge in [0.15, 0.2) is 5.96 Å². The fraction of sp³-hybridized carbons (Fsp3) is 0.526. The van der Waals surface area contributed by atoms with Crippen LogP contribution in [0.25, 0.3) is 0 Å². The average Bonchev–Trinajstić information content (AvgIpc) is 3.14. The van der Waals surface area contributed by atoms with Crippen LogP contribution in [0.15, 0.2) is 28.7 Å². The van der Waals surface area contributed by atoms with Gasteiger partial charge in [-0.15, -0.1) is 35.3 Å². The summed E-state index contributed by atoms with van der Waals surface area (Å²) in [6, 6.07) is 3.89. The van der Waals surface area contributed by atoms with Crippen LogP contribution in [-0.2, 0) is 17.8 Å². The second kappa shape index (κ2) is 12.9. The molecule has 1 N–H and O–H groups in total. The molecule has 7 nitrogen and oxygen atoms in total. The van der Waals surface area contributed by atoms with Gasteiger partial charge in [-0.2, -0.15) is 0 Å². The zero-order chi connectivity index (χ0) is 19.6. The number of aliphatic imine (C=N–C) groups is 1. The van der Waals surface area contributed by atoms with E-state index in [-0.39, 0.29) is 30.1 Å². The molecule has 1 unspecified atom stereocenters. The molecule has 0 amide bonds. The molecule has 0 bridgehead atoms. The smallest absolute Gasteiger partial charge is 0.218 e. The maximum absolute atomic E-state index is 5.59. The van der Waals surface area contributed by atoms with Crippen molar-refractivity contribution in [1.29, 1.82) is 0 Å². The minimum Gasteiger partial charge on any atom is -0.478 e. The zero-order valence-corrected chi connectivity index (χ0v) is 20.3. The van der Waals surface area contributed by atoms with Crippen molar-refractivity contribution in [2.75, 3.05) is 27.3 Å². The molecular weight excluding hydrogens is 489 g/mol. The summed E-state index contributed by atoms with van der Waals surface area (Å²) >= 11 is 1.62. The highest BCUT2D eigenvalue weighted by molar-refractivity contribution is 14.0. The molecule has 0 aromatic carbocycles. The standard InChI is InChI=1S/C19H29N5O2S.HI/c1-6-20-19(22-11-15-9-8-10-21-17(15)26-7-2)24(4)12-16-13-27-18(23-16)14(3)25-5;/h8-10,13-14H,6-7,11-12H2,1-5H3,(H,20,22);1H. The fourth-order valence-corrected chi connectivity index (χ4v) is 3.28. The molecule has 0 radical (unpaired) electrons. The number of aromatic nitrogens is 2. The Kier molecular flexibility index (Phi) is 11.3. The van der Waals surface area contributed by atoms with E-state index in [4.69, 9.17) is 14.5 Å². The summed E-state index contributed by atoms with van der Waals surface area (Å²) in [5, 5.41) is 6.39. The molecule has 0 saturated heterocycles. The number of halogens is 1. The second-order valence-electron chi connectivity index (χ2n) is 5.98. The third-order valence-corrected chi connectivity index (χ3v) is 4.95. The average molecular weight is 519 g/mol. The third kappa shape index (κ3) is 7.17. The van der Waals surface area contributed by atoms with Crippen molar-refractivity contribution in [1.82, 2.24) is 20.2 Å². The summed E-state index contributed by atoms with van der Waals surface area (Å²) in [6.07, 6.45) is 1.75. The summed E-state index contributed by atoms with van der Waals surface area (Å²) in [5.41, 5.74) is 1.97. The van der Waals surface area contributed by atoms with Crippen molar-refractivity contribution < 1.29 is 9.47 Å². The molecule has 0 spiro atoms. The Morgan fingerprint density at radius 3 is 2.86 bits per heavy atom. The molecule has 2 rings (SSSR count). The van der Waals surface area contributed by atoms with E-state index >= 15 is 0 Å². The number of ether oxygens (including phenoxy) is 2. The largest absolute Gasteiger partial charge is 0.478 e. The Hall–Kier alpha value is -1.46. The summed E-state index contributed by atoms with van der Waals surface area (Å²) < 4.78 is 10.9. The minimum absolute atomic E-state index is 0. The topological polar surface area (TPSA) is 71.9 Å². The number of hydrogen-bond acceptors (Lipinski definition) is 6. The summed E-state index contributed by atoms with van der Waals surface area (Å²) in [5.74, 6) is 1.46. The number of nitrogens with zero attached hydrogens (tertiary/aromatic N) is 4. The van der Waals surface area contributed by atoms with Crippen molar-refractivity contribution in [3.8, 4) is 5.88 Å². The SMILES string of the molecule is CCNC(=NCc1cccnc1OCC)N(C)Cc1csc(C(C)OC)n1.I. The number of thiazole rings is 1. The summed E-state index contributed by atoms with van der Waals surface area (Å²) in [4.78, 5) is 15.8. The van der Waals surface area contributed by atoms with E-state index in [0.717, 1.165) is 28.8 Å². The lowest BCUT2D eigenvalue weighted by atomic mass is 10.3. The highest BCUT2D eigenvalue weighted by Crippen LogP contribution is 2.21. The van der Waals surface area contributed by atoms with E-state index in [9.17, 15) is 0 Å². The first-order valence-corrected chi connectivity index (χ1v) is 10.00. The number of nitrogens with one attached hydrogen (secondary N) is 1. The maximum Gasteiger partial charge on any atom is 0.218 e. The van der Waals surface area contributed by atoms with Crippen molar-refractivity contribution in [2.24, 2.45) is 4.99 Å². The monoisotopic (exact) mass is 519 g/mol. The van der Waals surface area contributed by atoms with Gasteiger partial charge in [0.25, 0.3) is 0 Å². The van der Waals surface area contributed by atoms with Gasteiger partial charge < -0.3 is 19.7 Å². The fourth-order valence-electron chi connectivity index (χ4n) is 2.44. The number of hydrogen-bond donors (Lipinski definition) is 1. The van der Waals surface area contributed by atoms with Crippen LogP contribution in [0.4, 0.5) is 0 Å². The van der Waals surface area contributed by atoms with Gasteiger partial charge in [-0.05, 0) is 26.8 Å². The molecule has 2 aromatic heterocycles. The Morgan fingerprint density at radius 2 is 2.18 bits per heavy atom. The summed E-state index contributed by atoms with van der Waals surface area (Å²) in [6.45, 7) is 8.55. The lowest BCUT2D eigenvalue weighted by Crippen LogP contribution is -2.38. The van der Waals surface area contributed by atoms with Crippen molar-refractivity contribution in [3.63, 3.8) is 0 Å². The van der Waals surface area contributed by atoms with Crippen LogP contribution < -0.4 is 10.1 Å². The Balaban J connectivity index is 0.00000392. The highest BCUT2D eigenvalue weighted by atomic mass is 127. The Morgan fingerprint density at radius 1 is 1.39 bits per heavy atom. The van der Waals surface area contributed by atoms with Crippen LogP contribution in [0.3, 0.4) is 0 Å². The Bertz CT molecular complexity index is 741. The van der Waals surface area contributed by atoms with Crippen molar-refractivity contribution >= 4 is 41.3 Å². The molecule has 1 atom stereocenters. The van der Waals surface area contributed by atoms with E-state index in [1.165, 1.54) is 0 Å². The first-order valence-electron chi connectivity index (χ1n) is 9.12. The molecule has 0 aliphatic carbocycles. The molecule has 0 fully saturated rings.